The van der Waals surface area contributed by atoms with Gasteiger partial charge in [-0.05, 0) is 24.3 Å². The molecule has 0 unspecified atom stereocenters. The zero-order valence-corrected chi connectivity index (χ0v) is 12.7. The molecule has 1 rings (SSSR count). The molecular weight excluding hydrogens is 260 g/mol. The van der Waals surface area contributed by atoms with Gasteiger partial charge in [0.25, 0.3) is 0 Å². The predicted octanol–water partition coefficient (Wildman–Crippen LogP) is 3.37. The number of ether oxygens (including phenoxy) is 1. The Kier molecular flexibility index (Phi) is 5.60. The van der Waals surface area contributed by atoms with Gasteiger partial charge in [0.15, 0.2) is 5.78 Å². The summed E-state index contributed by atoms with van der Waals surface area (Å²) in [5, 5.41) is 0. The summed E-state index contributed by atoms with van der Waals surface area (Å²) in [6.07, 6.45) is -0.0323. The third-order valence-corrected chi connectivity index (χ3v) is 3.77. The molecule has 0 heterocycles. The first-order valence-electron chi connectivity index (χ1n) is 6.15. The molecule has 0 fully saturated rings. The number of ketones is 2. The van der Waals surface area contributed by atoms with Crippen LogP contribution in [0.15, 0.2) is 24.3 Å². The highest BCUT2D eigenvalue weighted by atomic mass is 32.2. The van der Waals surface area contributed by atoms with Crippen LogP contribution in [0.1, 0.15) is 37.6 Å². The van der Waals surface area contributed by atoms with E-state index in [2.05, 4.69) is 20.8 Å². The molecule has 0 saturated heterocycles. The zero-order chi connectivity index (χ0) is 14.5. The van der Waals surface area contributed by atoms with E-state index in [9.17, 15) is 9.59 Å². The molecule has 0 aliphatic carbocycles. The van der Waals surface area contributed by atoms with Crippen LogP contribution in [0.3, 0.4) is 0 Å². The lowest BCUT2D eigenvalue weighted by Gasteiger charge is -2.16. The third-order valence-electron chi connectivity index (χ3n) is 2.44. The Labute approximate surface area is 118 Å². The molecule has 0 bridgehead atoms. The van der Waals surface area contributed by atoms with Gasteiger partial charge in [0, 0.05) is 10.3 Å². The van der Waals surface area contributed by atoms with Gasteiger partial charge in [0.2, 0.25) is 0 Å². The Morgan fingerprint density at radius 2 is 1.74 bits per heavy atom. The number of Topliss-reactive ketones (excluding diaryl/α,β-unsaturated/α-hetero) is 2. The minimum absolute atomic E-state index is 0.0271. The topological polar surface area (TPSA) is 43.4 Å². The smallest absolute Gasteiger partial charge is 0.170 e. The fourth-order valence-electron chi connectivity index (χ4n) is 1.41. The van der Waals surface area contributed by atoms with Gasteiger partial charge in [-0.25, -0.2) is 0 Å². The second-order valence-electron chi connectivity index (χ2n) is 5.27. The monoisotopic (exact) mass is 280 g/mol. The van der Waals surface area contributed by atoms with Crippen LogP contribution in [0, 0.1) is 0 Å². The zero-order valence-electron chi connectivity index (χ0n) is 11.9. The Balaban J connectivity index is 2.52. The summed E-state index contributed by atoms with van der Waals surface area (Å²) in [6, 6.07) is 6.82. The summed E-state index contributed by atoms with van der Waals surface area (Å²) < 4.78 is 5.06. The maximum absolute atomic E-state index is 11.9. The molecule has 1 aromatic rings. The van der Waals surface area contributed by atoms with Crippen LogP contribution < -0.4 is 4.74 Å². The molecule has 0 saturated carbocycles. The van der Waals surface area contributed by atoms with Gasteiger partial charge in [0.1, 0.15) is 11.5 Å². The van der Waals surface area contributed by atoms with E-state index in [1.165, 1.54) is 0 Å². The molecule has 0 atom stereocenters. The molecule has 3 nitrogen and oxygen atoms in total. The number of hydrogen-bond acceptors (Lipinski definition) is 4. The van der Waals surface area contributed by atoms with Crippen LogP contribution in [-0.4, -0.2) is 29.2 Å². The summed E-state index contributed by atoms with van der Waals surface area (Å²) in [4.78, 5) is 23.6. The number of carbonyl (C=O) groups is 2. The molecule has 1 aromatic carbocycles. The number of hydrogen-bond donors (Lipinski definition) is 0. The average Bonchev–Trinajstić information content (AvgIpc) is 2.35. The van der Waals surface area contributed by atoms with E-state index >= 15 is 0 Å². The molecule has 0 radical (unpaired) electrons. The summed E-state index contributed by atoms with van der Waals surface area (Å²) in [7, 11) is 1.57. The quantitative estimate of drug-likeness (QED) is 0.592. The van der Waals surface area contributed by atoms with E-state index in [1.807, 2.05) is 0 Å². The summed E-state index contributed by atoms with van der Waals surface area (Å²) >= 11 is 1.56. The minimum atomic E-state index is -0.137. The average molecular weight is 280 g/mol. The molecule has 0 aliphatic heterocycles. The van der Waals surface area contributed by atoms with E-state index in [0.29, 0.717) is 17.1 Å². The Morgan fingerprint density at radius 1 is 1.16 bits per heavy atom. The van der Waals surface area contributed by atoms with Crippen LogP contribution in [0.5, 0.6) is 5.75 Å². The fraction of sp³-hybridized carbons (Fsp3) is 0.467. The lowest BCUT2D eigenvalue weighted by Crippen LogP contribution is -2.15. The number of benzene rings is 1. The lowest BCUT2D eigenvalue weighted by molar-refractivity contribution is -0.115. The predicted molar refractivity (Wildman–Crippen MR) is 79.2 cm³/mol. The van der Waals surface area contributed by atoms with E-state index in [1.54, 1.807) is 43.1 Å². The first-order chi connectivity index (χ1) is 8.81. The molecule has 4 heteroatoms. The summed E-state index contributed by atoms with van der Waals surface area (Å²) in [6.45, 7) is 6.16. The summed E-state index contributed by atoms with van der Waals surface area (Å²) in [5.74, 6) is 0.917. The minimum Gasteiger partial charge on any atom is -0.497 e. The van der Waals surface area contributed by atoms with Crippen LogP contribution >= 0.6 is 11.8 Å². The van der Waals surface area contributed by atoms with Crippen molar-refractivity contribution in [3.05, 3.63) is 29.8 Å². The number of rotatable bonds is 6. The van der Waals surface area contributed by atoms with Gasteiger partial charge in [-0.2, -0.15) is 0 Å². The fourth-order valence-corrected chi connectivity index (χ4v) is 2.10. The highest BCUT2D eigenvalue weighted by Gasteiger charge is 2.16. The van der Waals surface area contributed by atoms with Crippen molar-refractivity contribution in [2.24, 2.45) is 0 Å². The van der Waals surface area contributed by atoms with Gasteiger partial charge in [-0.15, -0.1) is 11.8 Å². The highest BCUT2D eigenvalue weighted by Crippen LogP contribution is 2.23. The maximum Gasteiger partial charge on any atom is 0.170 e. The number of thioether (sulfide) groups is 1. The van der Waals surface area contributed by atoms with E-state index < -0.39 is 0 Å². The molecule has 19 heavy (non-hydrogen) atoms. The van der Waals surface area contributed by atoms with Gasteiger partial charge in [0.05, 0.1) is 19.3 Å². The van der Waals surface area contributed by atoms with Crippen molar-refractivity contribution < 1.29 is 14.3 Å². The van der Waals surface area contributed by atoms with Crippen LogP contribution in [0.25, 0.3) is 0 Å². The molecule has 0 amide bonds. The molecule has 0 aromatic heterocycles. The van der Waals surface area contributed by atoms with Crippen molar-refractivity contribution >= 4 is 23.3 Å². The first-order valence-corrected chi connectivity index (χ1v) is 7.13. The second kappa shape index (κ2) is 6.75. The van der Waals surface area contributed by atoms with Crippen LogP contribution in [0.4, 0.5) is 0 Å². The Hall–Kier alpha value is -1.29. The van der Waals surface area contributed by atoms with Gasteiger partial charge in [-0.3, -0.25) is 9.59 Å². The van der Waals surface area contributed by atoms with Crippen molar-refractivity contribution in [3.63, 3.8) is 0 Å². The largest absolute Gasteiger partial charge is 0.497 e. The van der Waals surface area contributed by atoms with Crippen molar-refractivity contribution in [1.82, 2.24) is 0 Å². The van der Waals surface area contributed by atoms with Crippen molar-refractivity contribution in [2.75, 3.05) is 12.9 Å². The highest BCUT2D eigenvalue weighted by molar-refractivity contribution is 8.01. The van der Waals surface area contributed by atoms with Crippen molar-refractivity contribution in [3.8, 4) is 5.75 Å². The normalized spacial score (nSPS) is 11.2. The van der Waals surface area contributed by atoms with Gasteiger partial charge in [-0.1, -0.05) is 20.8 Å². The molecule has 104 valence electrons. The van der Waals surface area contributed by atoms with Crippen molar-refractivity contribution in [2.45, 2.75) is 31.9 Å². The standard InChI is InChI=1S/C15H20O3S/c1-15(2,3)19-10-12(16)9-14(17)11-5-7-13(18-4)8-6-11/h5-8H,9-10H2,1-4H3. The van der Waals surface area contributed by atoms with E-state index in [4.69, 9.17) is 4.74 Å². The van der Waals surface area contributed by atoms with Crippen molar-refractivity contribution in [1.29, 1.82) is 0 Å². The van der Waals surface area contributed by atoms with E-state index in [0.717, 1.165) is 0 Å². The van der Waals surface area contributed by atoms with Gasteiger partial charge < -0.3 is 4.74 Å². The Morgan fingerprint density at radius 3 is 2.21 bits per heavy atom. The number of methoxy groups -OCH3 is 1. The maximum atomic E-state index is 11.9. The Bertz CT molecular complexity index is 443. The second-order valence-corrected chi connectivity index (χ2v) is 7.07. The van der Waals surface area contributed by atoms with Gasteiger partial charge >= 0.3 is 0 Å². The summed E-state index contributed by atoms with van der Waals surface area (Å²) in [5.41, 5.74) is 0.551. The first kappa shape index (κ1) is 15.8. The van der Waals surface area contributed by atoms with E-state index in [-0.39, 0.29) is 22.7 Å². The SMILES string of the molecule is COc1ccc(C(=O)CC(=O)CSC(C)(C)C)cc1. The van der Waals surface area contributed by atoms with Crippen LogP contribution in [-0.2, 0) is 4.79 Å². The van der Waals surface area contributed by atoms with Crippen LogP contribution in [0.2, 0.25) is 0 Å². The molecule has 0 spiro atoms. The molecule has 0 aliphatic rings. The number of carbonyl (C=O) groups excluding carboxylic acids is 2. The third kappa shape index (κ3) is 5.92. The molecular formula is C15H20O3S. The lowest BCUT2D eigenvalue weighted by atomic mass is 10.1. The molecule has 0 N–H and O–H groups in total.